The highest BCUT2D eigenvalue weighted by atomic mass is 32.2. The van der Waals surface area contributed by atoms with Gasteiger partial charge in [-0.2, -0.15) is 0 Å². The van der Waals surface area contributed by atoms with E-state index in [1.807, 2.05) is 30.3 Å². The number of hydrogen-bond donors (Lipinski definition) is 1. The van der Waals surface area contributed by atoms with Crippen molar-refractivity contribution in [3.63, 3.8) is 0 Å². The molecule has 0 heterocycles. The van der Waals surface area contributed by atoms with Crippen LogP contribution in [-0.4, -0.2) is 20.7 Å². The normalized spacial score (nSPS) is 11.4. The fourth-order valence-corrected chi connectivity index (χ4v) is 3.56. The average molecular weight is 311 g/mol. The standard InChI is InChI=1S/C14H14FNO2S2/c15-12-5-4-8-14(11-12)20(17,18)16-9-10-19-13-6-2-1-3-7-13/h1-8,11,16H,9-10H2. The van der Waals surface area contributed by atoms with Gasteiger partial charge in [0, 0.05) is 17.2 Å². The molecule has 2 aromatic rings. The molecule has 3 nitrogen and oxygen atoms in total. The number of hydrogen-bond acceptors (Lipinski definition) is 3. The predicted molar refractivity (Wildman–Crippen MR) is 78.8 cm³/mol. The fourth-order valence-electron chi connectivity index (χ4n) is 1.58. The van der Waals surface area contributed by atoms with Gasteiger partial charge in [-0.1, -0.05) is 24.3 Å². The number of thioether (sulfide) groups is 1. The molecule has 0 amide bonds. The summed E-state index contributed by atoms with van der Waals surface area (Å²) in [5, 5.41) is 0. The molecule has 2 rings (SSSR count). The Kier molecular flexibility index (Phi) is 5.17. The molecule has 0 saturated heterocycles. The van der Waals surface area contributed by atoms with Crippen LogP contribution in [0.1, 0.15) is 0 Å². The third kappa shape index (κ3) is 4.33. The van der Waals surface area contributed by atoms with Crippen molar-refractivity contribution < 1.29 is 12.8 Å². The van der Waals surface area contributed by atoms with Crippen LogP contribution in [0.5, 0.6) is 0 Å². The maximum atomic E-state index is 13.0. The van der Waals surface area contributed by atoms with Crippen LogP contribution in [0.4, 0.5) is 4.39 Å². The zero-order chi connectivity index (χ0) is 14.4. The van der Waals surface area contributed by atoms with Crippen LogP contribution in [0.25, 0.3) is 0 Å². The van der Waals surface area contributed by atoms with Gasteiger partial charge in [-0.3, -0.25) is 0 Å². The summed E-state index contributed by atoms with van der Waals surface area (Å²) < 4.78 is 39.3. The predicted octanol–water partition coefficient (Wildman–Crippen LogP) is 2.90. The number of halogens is 1. The highest BCUT2D eigenvalue weighted by Crippen LogP contribution is 2.16. The Hall–Kier alpha value is -1.37. The molecular formula is C14H14FNO2S2. The first-order chi connectivity index (χ1) is 9.58. The van der Waals surface area contributed by atoms with Gasteiger partial charge in [-0.05, 0) is 30.3 Å². The van der Waals surface area contributed by atoms with E-state index in [1.54, 1.807) is 11.8 Å². The van der Waals surface area contributed by atoms with Gasteiger partial charge in [0.25, 0.3) is 0 Å². The van der Waals surface area contributed by atoms with Crippen molar-refractivity contribution in [1.82, 2.24) is 4.72 Å². The average Bonchev–Trinajstić information content (AvgIpc) is 2.45. The fraction of sp³-hybridized carbons (Fsp3) is 0.143. The Bertz CT molecular complexity index is 660. The third-order valence-electron chi connectivity index (χ3n) is 2.51. The maximum absolute atomic E-state index is 13.0. The van der Waals surface area contributed by atoms with Crippen LogP contribution >= 0.6 is 11.8 Å². The molecule has 0 saturated carbocycles. The van der Waals surface area contributed by atoms with Crippen molar-refractivity contribution in [2.75, 3.05) is 12.3 Å². The first-order valence-electron chi connectivity index (χ1n) is 6.01. The van der Waals surface area contributed by atoms with Crippen LogP contribution in [0.2, 0.25) is 0 Å². The number of nitrogens with one attached hydrogen (secondary N) is 1. The molecule has 2 aromatic carbocycles. The highest BCUT2D eigenvalue weighted by molar-refractivity contribution is 7.99. The number of benzene rings is 2. The Balaban J connectivity index is 1.87. The van der Waals surface area contributed by atoms with Crippen LogP contribution in [0, 0.1) is 5.82 Å². The summed E-state index contributed by atoms with van der Waals surface area (Å²) in [7, 11) is -3.64. The second-order valence-corrected chi connectivity index (χ2v) is 6.95. The molecule has 0 aliphatic carbocycles. The lowest BCUT2D eigenvalue weighted by atomic mass is 10.4. The van der Waals surface area contributed by atoms with Gasteiger partial charge >= 0.3 is 0 Å². The van der Waals surface area contributed by atoms with Crippen molar-refractivity contribution in [2.24, 2.45) is 0 Å². The van der Waals surface area contributed by atoms with Gasteiger partial charge < -0.3 is 0 Å². The van der Waals surface area contributed by atoms with E-state index < -0.39 is 15.8 Å². The Morgan fingerprint density at radius 2 is 1.80 bits per heavy atom. The van der Waals surface area contributed by atoms with E-state index in [9.17, 15) is 12.8 Å². The molecule has 0 aliphatic rings. The molecule has 20 heavy (non-hydrogen) atoms. The zero-order valence-corrected chi connectivity index (χ0v) is 12.3. The van der Waals surface area contributed by atoms with Crippen molar-refractivity contribution in [2.45, 2.75) is 9.79 Å². The van der Waals surface area contributed by atoms with Crippen LogP contribution < -0.4 is 4.72 Å². The van der Waals surface area contributed by atoms with Crippen LogP contribution in [-0.2, 0) is 10.0 Å². The molecule has 0 aromatic heterocycles. The summed E-state index contributed by atoms with van der Waals surface area (Å²) >= 11 is 1.56. The van der Waals surface area contributed by atoms with E-state index in [0.29, 0.717) is 12.3 Å². The van der Waals surface area contributed by atoms with Crippen molar-refractivity contribution in [3.8, 4) is 0 Å². The minimum atomic E-state index is -3.64. The quantitative estimate of drug-likeness (QED) is 0.659. The molecule has 0 spiro atoms. The molecule has 0 bridgehead atoms. The van der Waals surface area contributed by atoms with E-state index in [-0.39, 0.29) is 4.90 Å². The monoisotopic (exact) mass is 311 g/mol. The number of sulfonamides is 1. The smallest absolute Gasteiger partial charge is 0.210 e. The van der Waals surface area contributed by atoms with Crippen molar-refractivity contribution in [3.05, 3.63) is 60.4 Å². The summed E-state index contributed by atoms with van der Waals surface area (Å²) in [6.45, 7) is 0.290. The second kappa shape index (κ2) is 6.88. The van der Waals surface area contributed by atoms with Gasteiger partial charge in [0.1, 0.15) is 5.82 Å². The van der Waals surface area contributed by atoms with Crippen LogP contribution in [0.3, 0.4) is 0 Å². The topological polar surface area (TPSA) is 46.2 Å². The van der Waals surface area contributed by atoms with Gasteiger partial charge in [-0.15, -0.1) is 11.8 Å². The van der Waals surface area contributed by atoms with E-state index in [4.69, 9.17) is 0 Å². The van der Waals surface area contributed by atoms with Gasteiger partial charge in [0.05, 0.1) is 4.90 Å². The molecule has 0 atom stereocenters. The number of rotatable bonds is 6. The molecule has 0 fully saturated rings. The Labute approximate surface area is 122 Å². The summed E-state index contributed by atoms with van der Waals surface area (Å²) in [6.07, 6.45) is 0. The summed E-state index contributed by atoms with van der Waals surface area (Å²) in [5.41, 5.74) is 0. The highest BCUT2D eigenvalue weighted by Gasteiger charge is 2.13. The summed E-state index contributed by atoms with van der Waals surface area (Å²) in [5.74, 6) is 0.0463. The van der Waals surface area contributed by atoms with E-state index in [2.05, 4.69) is 4.72 Å². The molecule has 0 aliphatic heterocycles. The first-order valence-corrected chi connectivity index (χ1v) is 8.48. The van der Waals surface area contributed by atoms with E-state index in [1.165, 1.54) is 18.2 Å². The maximum Gasteiger partial charge on any atom is 0.240 e. The Morgan fingerprint density at radius 3 is 2.50 bits per heavy atom. The van der Waals surface area contributed by atoms with Crippen LogP contribution in [0.15, 0.2) is 64.4 Å². The van der Waals surface area contributed by atoms with Crippen molar-refractivity contribution >= 4 is 21.8 Å². The van der Waals surface area contributed by atoms with Gasteiger partial charge in [-0.25, -0.2) is 17.5 Å². The van der Waals surface area contributed by atoms with Gasteiger partial charge in [0.2, 0.25) is 10.0 Å². The SMILES string of the molecule is O=S(=O)(NCCSc1ccccc1)c1cccc(F)c1. The molecule has 106 valence electrons. The minimum Gasteiger partial charge on any atom is -0.210 e. The third-order valence-corrected chi connectivity index (χ3v) is 4.98. The van der Waals surface area contributed by atoms with E-state index in [0.717, 1.165) is 11.0 Å². The molecule has 0 radical (unpaired) electrons. The van der Waals surface area contributed by atoms with Gasteiger partial charge in [0.15, 0.2) is 0 Å². The van der Waals surface area contributed by atoms with Crippen molar-refractivity contribution in [1.29, 1.82) is 0 Å². The molecule has 6 heteroatoms. The summed E-state index contributed by atoms with van der Waals surface area (Å²) in [4.78, 5) is 1.03. The molecule has 0 unspecified atom stereocenters. The molecule has 1 N–H and O–H groups in total. The largest absolute Gasteiger partial charge is 0.240 e. The van der Waals surface area contributed by atoms with E-state index >= 15 is 0 Å². The first kappa shape index (κ1) is 15.0. The summed E-state index contributed by atoms with van der Waals surface area (Å²) in [6, 6.07) is 14.7. The lowest BCUT2D eigenvalue weighted by molar-refractivity contribution is 0.580. The zero-order valence-electron chi connectivity index (χ0n) is 10.6. The lowest BCUT2D eigenvalue weighted by Gasteiger charge is -2.06. The Morgan fingerprint density at radius 1 is 1.05 bits per heavy atom. The minimum absolute atomic E-state index is 0.0535. The lowest BCUT2D eigenvalue weighted by Crippen LogP contribution is -2.26. The second-order valence-electron chi connectivity index (χ2n) is 4.02. The molecular weight excluding hydrogens is 297 g/mol.